The van der Waals surface area contributed by atoms with Crippen LogP contribution >= 0.6 is 15.9 Å². The van der Waals surface area contributed by atoms with E-state index < -0.39 is 13.0 Å². The molecule has 0 heterocycles. The van der Waals surface area contributed by atoms with Gasteiger partial charge < -0.3 is 5.32 Å². The molecule has 0 unspecified atom stereocenters. The summed E-state index contributed by atoms with van der Waals surface area (Å²) in [6.07, 6.45) is -4.56. The van der Waals surface area contributed by atoms with E-state index >= 15 is 0 Å². The van der Waals surface area contributed by atoms with E-state index in [1.165, 1.54) is 0 Å². The maximum absolute atomic E-state index is 11.7. The van der Waals surface area contributed by atoms with E-state index in [2.05, 4.69) is 26.0 Å². The van der Waals surface area contributed by atoms with Crippen LogP contribution in [0.15, 0.2) is 22.7 Å². The lowest BCUT2D eigenvalue weighted by atomic mass is 10.2. The van der Waals surface area contributed by atoms with Crippen molar-refractivity contribution in [3.05, 3.63) is 28.2 Å². The van der Waals surface area contributed by atoms with Crippen molar-refractivity contribution >= 4 is 21.6 Å². The Morgan fingerprint density at radius 2 is 2.06 bits per heavy atom. The van der Waals surface area contributed by atoms with Crippen LogP contribution in [-0.2, 0) is 4.74 Å². The minimum absolute atomic E-state index is 0.108. The van der Waals surface area contributed by atoms with Crippen LogP contribution in [0.25, 0.3) is 0 Å². The molecule has 1 N–H and O–H groups in total. The van der Waals surface area contributed by atoms with Gasteiger partial charge in [-0.15, -0.1) is 13.2 Å². The molecule has 0 fully saturated rings. The number of alkyl halides is 3. The maximum atomic E-state index is 11.7. The minimum atomic E-state index is -4.56. The van der Waals surface area contributed by atoms with Crippen LogP contribution in [-0.4, -0.2) is 19.5 Å². The fourth-order valence-corrected chi connectivity index (χ4v) is 1.50. The predicted molar refractivity (Wildman–Crippen MR) is 59.4 cm³/mol. The molecule has 2 nitrogen and oxygen atoms in total. The van der Waals surface area contributed by atoms with Crippen LogP contribution in [0.5, 0.6) is 0 Å². The van der Waals surface area contributed by atoms with Gasteiger partial charge in [0.1, 0.15) is 0 Å². The fourth-order valence-electron chi connectivity index (χ4n) is 1.14. The third-order valence-corrected chi connectivity index (χ3v) is 2.38. The van der Waals surface area contributed by atoms with E-state index in [4.69, 9.17) is 0 Å². The first-order valence-electron chi connectivity index (χ1n) is 4.59. The summed E-state index contributed by atoms with van der Waals surface area (Å²) in [5.74, 6) is 0. The maximum Gasteiger partial charge on any atom is 0.522 e. The van der Waals surface area contributed by atoms with E-state index in [1.54, 1.807) is 0 Å². The molecule has 1 rings (SSSR count). The van der Waals surface area contributed by atoms with Gasteiger partial charge in [-0.25, -0.2) is 0 Å². The van der Waals surface area contributed by atoms with Crippen LogP contribution in [0.4, 0.5) is 18.9 Å². The molecule has 0 radical (unpaired) electrons. The van der Waals surface area contributed by atoms with Crippen LogP contribution < -0.4 is 5.32 Å². The fraction of sp³-hybridized carbons (Fsp3) is 0.400. The van der Waals surface area contributed by atoms with Crippen molar-refractivity contribution in [2.24, 2.45) is 0 Å². The van der Waals surface area contributed by atoms with Gasteiger partial charge in [0.05, 0.1) is 6.61 Å². The largest absolute Gasteiger partial charge is 0.522 e. The molecule has 0 saturated heterocycles. The lowest BCUT2D eigenvalue weighted by molar-refractivity contribution is -0.322. The van der Waals surface area contributed by atoms with Crippen molar-refractivity contribution in [2.75, 3.05) is 18.5 Å². The molecule has 0 atom stereocenters. The van der Waals surface area contributed by atoms with Gasteiger partial charge in [0, 0.05) is 16.7 Å². The molecular weight excluding hydrogens is 287 g/mol. The molecule has 0 aliphatic heterocycles. The predicted octanol–water partition coefficient (Wildman–Crippen LogP) is 3.71. The second-order valence-corrected chi connectivity index (χ2v) is 4.10. The van der Waals surface area contributed by atoms with E-state index in [1.807, 2.05) is 25.1 Å². The molecule has 0 aliphatic rings. The van der Waals surface area contributed by atoms with E-state index in [0.29, 0.717) is 0 Å². The van der Waals surface area contributed by atoms with Gasteiger partial charge in [0.2, 0.25) is 0 Å². The zero-order valence-electron chi connectivity index (χ0n) is 8.57. The summed E-state index contributed by atoms with van der Waals surface area (Å²) >= 11 is 3.29. The van der Waals surface area contributed by atoms with Crippen LogP contribution in [0.3, 0.4) is 0 Å². The molecule has 0 saturated carbocycles. The Labute approximate surface area is 99.9 Å². The molecule has 16 heavy (non-hydrogen) atoms. The average Bonchev–Trinajstić information content (AvgIpc) is 2.16. The summed E-state index contributed by atoms with van der Waals surface area (Å²) in [7, 11) is 0. The van der Waals surface area contributed by atoms with Crippen molar-refractivity contribution in [1.82, 2.24) is 0 Å². The second kappa shape index (κ2) is 5.54. The SMILES string of the molecule is Cc1ccc(Br)cc1NCCOC(F)(F)F. The van der Waals surface area contributed by atoms with E-state index in [-0.39, 0.29) is 6.54 Å². The van der Waals surface area contributed by atoms with Gasteiger partial charge in [0.25, 0.3) is 0 Å². The first-order valence-corrected chi connectivity index (χ1v) is 5.38. The average molecular weight is 298 g/mol. The van der Waals surface area contributed by atoms with Gasteiger partial charge in [0.15, 0.2) is 0 Å². The van der Waals surface area contributed by atoms with Crippen LogP contribution in [0.1, 0.15) is 5.56 Å². The molecule has 0 bridgehead atoms. The first kappa shape index (κ1) is 13.3. The quantitative estimate of drug-likeness (QED) is 0.856. The smallest absolute Gasteiger partial charge is 0.382 e. The Morgan fingerprint density at radius 3 is 2.69 bits per heavy atom. The van der Waals surface area contributed by atoms with Crippen molar-refractivity contribution in [2.45, 2.75) is 13.3 Å². The summed E-state index contributed by atoms with van der Waals surface area (Å²) in [6, 6.07) is 5.55. The number of nitrogens with one attached hydrogen (secondary N) is 1. The van der Waals surface area contributed by atoms with E-state index in [0.717, 1.165) is 15.7 Å². The number of hydrogen-bond donors (Lipinski definition) is 1. The lowest BCUT2D eigenvalue weighted by Gasteiger charge is -2.11. The highest BCUT2D eigenvalue weighted by Gasteiger charge is 2.28. The third-order valence-electron chi connectivity index (χ3n) is 1.88. The van der Waals surface area contributed by atoms with Crippen LogP contribution in [0, 0.1) is 6.92 Å². The lowest BCUT2D eigenvalue weighted by Crippen LogP contribution is -2.19. The Morgan fingerprint density at radius 1 is 1.38 bits per heavy atom. The standard InChI is InChI=1S/C10H11BrF3NO/c1-7-2-3-8(11)6-9(7)15-4-5-16-10(12,13)14/h2-3,6,15H,4-5H2,1H3. The highest BCUT2D eigenvalue weighted by atomic mass is 79.9. The Balaban J connectivity index is 2.40. The zero-order valence-corrected chi connectivity index (χ0v) is 10.2. The number of hydrogen-bond acceptors (Lipinski definition) is 2. The van der Waals surface area contributed by atoms with Crippen molar-refractivity contribution in [3.8, 4) is 0 Å². The van der Waals surface area contributed by atoms with E-state index in [9.17, 15) is 13.2 Å². The van der Waals surface area contributed by atoms with Crippen molar-refractivity contribution in [3.63, 3.8) is 0 Å². The topological polar surface area (TPSA) is 21.3 Å². The number of benzene rings is 1. The Hall–Kier alpha value is -0.750. The molecule has 1 aromatic rings. The highest BCUT2D eigenvalue weighted by molar-refractivity contribution is 9.10. The number of rotatable bonds is 4. The van der Waals surface area contributed by atoms with Gasteiger partial charge >= 0.3 is 6.36 Å². The first-order chi connectivity index (χ1) is 7.38. The molecule has 90 valence electrons. The third kappa shape index (κ3) is 4.85. The highest BCUT2D eigenvalue weighted by Crippen LogP contribution is 2.20. The molecule has 0 spiro atoms. The molecular formula is C10H11BrF3NO. The molecule has 6 heteroatoms. The number of halogens is 4. The minimum Gasteiger partial charge on any atom is -0.382 e. The van der Waals surface area contributed by atoms with Gasteiger partial charge in [-0.2, -0.15) is 0 Å². The molecule has 0 amide bonds. The number of aryl methyl sites for hydroxylation is 1. The summed E-state index contributed by atoms with van der Waals surface area (Å²) in [4.78, 5) is 0. The summed E-state index contributed by atoms with van der Waals surface area (Å²) in [5, 5.41) is 2.87. The Bertz CT molecular complexity index is 354. The van der Waals surface area contributed by atoms with Crippen LogP contribution in [0.2, 0.25) is 0 Å². The van der Waals surface area contributed by atoms with Crippen molar-refractivity contribution in [1.29, 1.82) is 0 Å². The number of anilines is 1. The summed E-state index contributed by atoms with van der Waals surface area (Å²) < 4.78 is 39.5. The van der Waals surface area contributed by atoms with Gasteiger partial charge in [-0.3, -0.25) is 4.74 Å². The van der Waals surface area contributed by atoms with Crippen molar-refractivity contribution < 1.29 is 17.9 Å². The number of ether oxygens (including phenoxy) is 1. The second-order valence-electron chi connectivity index (χ2n) is 3.18. The monoisotopic (exact) mass is 297 g/mol. The normalized spacial score (nSPS) is 11.6. The molecule has 1 aromatic carbocycles. The Kier molecular flexibility index (Phi) is 4.61. The summed E-state index contributed by atoms with van der Waals surface area (Å²) in [6.45, 7) is 1.58. The molecule has 0 aliphatic carbocycles. The van der Waals surface area contributed by atoms with Gasteiger partial charge in [-0.05, 0) is 24.6 Å². The van der Waals surface area contributed by atoms with Gasteiger partial charge in [-0.1, -0.05) is 22.0 Å². The summed E-state index contributed by atoms with van der Waals surface area (Å²) in [5.41, 5.74) is 1.76. The zero-order chi connectivity index (χ0) is 12.2. The molecule has 0 aromatic heterocycles.